The first-order valence-corrected chi connectivity index (χ1v) is 6.92. The van der Waals surface area contributed by atoms with Gasteiger partial charge in [0.2, 0.25) is 11.8 Å². The largest absolute Gasteiger partial charge is 0.383 e. The van der Waals surface area contributed by atoms with Crippen LogP contribution in [0.4, 0.5) is 0 Å². The summed E-state index contributed by atoms with van der Waals surface area (Å²) in [6, 6.07) is 3.86. The first-order chi connectivity index (χ1) is 10.0. The van der Waals surface area contributed by atoms with E-state index in [2.05, 4.69) is 4.98 Å². The third-order valence-electron chi connectivity index (χ3n) is 3.25. The number of methoxy groups -OCH3 is 1. The molecule has 0 unspecified atom stereocenters. The summed E-state index contributed by atoms with van der Waals surface area (Å²) in [5.41, 5.74) is 1.13. The number of pyridine rings is 1. The molecule has 1 aromatic rings. The van der Waals surface area contributed by atoms with Gasteiger partial charge in [-0.2, -0.15) is 0 Å². The van der Waals surface area contributed by atoms with E-state index in [0.717, 1.165) is 12.0 Å². The number of likely N-dealkylation sites (N-methyl/N-ethyl adjacent to an activating group) is 1. The van der Waals surface area contributed by atoms with Crippen LogP contribution in [0, 0.1) is 0 Å². The van der Waals surface area contributed by atoms with Gasteiger partial charge in [-0.15, -0.1) is 0 Å². The van der Waals surface area contributed by atoms with Crippen LogP contribution in [0.3, 0.4) is 0 Å². The predicted molar refractivity (Wildman–Crippen MR) is 79.7 cm³/mol. The summed E-state index contributed by atoms with van der Waals surface area (Å²) in [5, 5.41) is 0. The zero-order chi connectivity index (χ0) is 15.7. The summed E-state index contributed by atoms with van der Waals surface area (Å²) in [6.07, 6.45) is 4.24. The molecule has 2 amide bonds. The van der Waals surface area contributed by atoms with Crippen molar-refractivity contribution in [3.05, 3.63) is 30.1 Å². The van der Waals surface area contributed by atoms with E-state index in [0.29, 0.717) is 19.7 Å². The Kier molecular flexibility index (Phi) is 7.39. The number of aromatic nitrogens is 1. The van der Waals surface area contributed by atoms with Crippen LogP contribution in [-0.2, 0) is 20.7 Å². The van der Waals surface area contributed by atoms with Crippen LogP contribution < -0.4 is 0 Å². The van der Waals surface area contributed by atoms with Crippen LogP contribution >= 0.6 is 0 Å². The zero-order valence-electron chi connectivity index (χ0n) is 12.9. The minimum Gasteiger partial charge on any atom is -0.383 e. The average molecular weight is 293 g/mol. The summed E-state index contributed by atoms with van der Waals surface area (Å²) in [7, 11) is 3.32. The second-order valence-electron chi connectivity index (χ2n) is 4.85. The molecule has 6 nitrogen and oxygen atoms in total. The highest BCUT2D eigenvalue weighted by molar-refractivity contribution is 5.83. The molecule has 0 saturated carbocycles. The molecule has 0 bridgehead atoms. The Morgan fingerprint density at radius 3 is 2.48 bits per heavy atom. The molecule has 0 aromatic carbocycles. The Morgan fingerprint density at radius 2 is 1.90 bits per heavy atom. The van der Waals surface area contributed by atoms with E-state index in [1.54, 1.807) is 31.5 Å². The molecular formula is C15H23N3O3. The number of nitrogens with zero attached hydrogens (tertiary/aromatic N) is 3. The lowest BCUT2D eigenvalue weighted by Gasteiger charge is -2.24. The summed E-state index contributed by atoms with van der Waals surface area (Å²) in [4.78, 5) is 30.7. The van der Waals surface area contributed by atoms with Crippen molar-refractivity contribution >= 4 is 11.8 Å². The van der Waals surface area contributed by atoms with Crippen LogP contribution in [-0.4, -0.2) is 67.0 Å². The average Bonchev–Trinajstić information content (AvgIpc) is 2.49. The maximum atomic E-state index is 12.1. The van der Waals surface area contributed by atoms with Gasteiger partial charge in [0.15, 0.2) is 0 Å². The Morgan fingerprint density at radius 1 is 1.24 bits per heavy atom. The predicted octanol–water partition coefficient (Wildman–Crippen LogP) is 0.577. The van der Waals surface area contributed by atoms with Crippen molar-refractivity contribution in [1.29, 1.82) is 0 Å². The molecule has 0 aliphatic carbocycles. The number of carbonyl (C=O) groups excluding carboxylic acids is 2. The second-order valence-corrected chi connectivity index (χ2v) is 4.85. The smallest absolute Gasteiger partial charge is 0.241 e. The van der Waals surface area contributed by atoms with Crippen molar-refractivity contribution in [3.8, 4) is 0 Å². The molecule has 0 radical (unpaired) electrons. The van der Waals surface area contributed by atoms with E-state index in [1.807, 2.05) is 12.1 Å². The highest BCUT2D eigenvalue weighted by atomic mass is 16.5. The molecule has 1 heterocycles. The molecule has 0 aliphatic heterocycles. The standard InChI is InChI=1S/C15H23N3O3/c1-13(19)18(10-11-21-3)12-15(20)17(2)9-6-14-4-7-16-8-5-14/h4-5,7-8H,6,9-12H2,1-3H3. The van der Waals surface area contributed by atoms with E-state index in [-0.39, 0.29) is 18.4 Å². The third kappa shape index (κ3) is 6.35. The van der Waals surface area contributed by atoms with Gasteiger partial charge < -0.3 is 14.5 Å². The van der Waals surface area contributed by atoms with Crippen LogP contribution in [0.15, 0.2) is 24.5 Å². The van der Waals surface area contributed by atoms with Gasteiger partial charge in [0.05, 0.1) is 13.2 Å². The quantitative estimate of drug-likeness (QED) is 0.703. The molecule has 0 saturated heterocycles. The van der Waals surface area contributed by atoms with E-state index in [1.165, 1.54) is 11.8 Å². The summed E-state index contributed by atoms with van der Waals surface area (Å²) in [5.74, 6) is -0.196. The van der Waals surface area contributed by atoms with Crippen molar-refractivity contribution < 1.29 is 14.3 Å². The van der Waals surface area contributed by atoms with Crippen molar-refractivity contribution in [2.75, 3.05) is 40.4 Å². The van der Waals surface area contributed by atoms with Gasteiger partial charge in [0.25, 0.3) is 0 Å². The van der Waals surface area contributed by atoms with E-state index in [4.69, 9.17) is 4.74 Å². The van der Waals surface area contributed by atoms with Gasteiger partial charge in [-0.25, -0.2) is 0 Å². The fourth-order valence-electron chi connectivity index (χ4n) is 1.80. The van der Waals surface area contributed by atoms with Crippen molar-refractivity contribution in [2.45, 2.75) is 13.3 Å². The topological polar surface area (TPSA) is 62.7 Å². The van der Waals surface area contributed by atoms with E-state index in [9.17, 15) is 9.59 Å². The van der Waals surface area contributed by atoms with Gasteiger partial charge in [0, 0.05) is 46.6 Å². The normalized spacial score (nSPS) is 10.2. The molecular weight excluding hydrogens is 270 g/mol. The third-order valence-corrected chi connectivity index (χ3v) is 3.25. The van der Waals surface area contributed by atoms with Gasteiger partial charge in [-0.05, 0) is 24.1 Å². The molecule has 1 rings (SSSR count). The van der Waals surface area contributed by atoms with Crippen LogP contribution in [0.1, 0.15) is 12.5 Å². The molecule has 0 fully saturated rings. The molecule has 6 heteroatoms. The molecule has 0 N–H and O–H groups in total. The van der Waals surface area contributed by atoms with Gasteiger partial charge >= 0.3 is 0 Å². The summed E-state index contributed by atoms with van der Waals surface area (Å²) in [6.45, 7) is 3.01. The molecule has 0 atom stereocenters. The minimum atomic E-state index is -0.122. The lowest BCUT2D eigenvalue weighted by Crippen LogP contribution is -2.42. The maximum Gasteiger partial charge on any atom is 0.241 e. The zero-order valence-corrected chi connectivity index (χ0v) is 12.9. The highest BCUT2D eigenvalue weighted by Crippen LogP contribution is 2.00. The monoisotopic (exact) mass is 293 g/mol. The number of hydrogen-bond donors (Lipinski definition) is 0. The van der Waals surface area contributed by atoms with Crippen molar-refractivity contribution in [3.63, 3.8) is 0 Å². The molecule has 21 heavy (non-hydrogen) atoms. The Balaban J connectivity index is 2.43. The highest BCUT2D eigenvalue weighted by Gasteiger charge is 2.16. The van der Waals surface area contributed by atoms with Crippen LogP contribution in [0.25, 0.3) is 0 Å². The lowest BCUT2D eigenvalue weighted by atomic mass is 10.2. The molecule has 0 spiro atoms. The fraction of sp³-hybridized carbons (Fsp3) is 0.533. The van der Waals surface area contributed by atoms with Gasteiger partial charge in [0.1, 0.15) is 0 Å². The molecule has 116 valence electrons. The summed E-state index contributed by atoms with van der Waals surface area (Å²) < 4.78 is 4.95. The van der Waals surface area contributed by atoms with E-state index < -0.39 is 0 Å². The van der Waals surface area contributed by atoms with Crippen molar-refractivity contribution in [2.24, 2.45) is 0 Å². The number of ether oxygens (including phenoxy) is 1. The molecule has 0 aliphatic rings. The first kappa shape index (κ1) is 17.1. The lowest BCUT2D eigenvalue weighted by molar-refractivity contribution is -0.139. The molecule has 1 aromatic heterocycles. The number of amides is 2. The fourth-order valence-corrected chi connectivity index (χ4v) is 1.80. The Hall–Kier alpha value is -1.95. The van der Waals surface area contributed by atoms with E-state index >= 15 is 0 Å². The van der Waals surface area contributed by atoms with Crippen LogP contribution in [0.2, 0.25) is 0 Å². The number of carbonyl (C=O) groups is 2. The van der Waals surface area contributed by atoms with Gasteiger partial charge in [-0.1, -0.05) is 0 Å². The Labute approximate surface area is 125 Å². The Bertz CT molecular complexity index is 451. The number of rotatable bonds is 8. The summed E-state index contributed by atoms with van der Waals surface area (Å²) >= 11 is 0. The maximum absolute atomic E-state index is 12.1. The number of hydrogen-bond acceptors (Lipinski definition) is 4. The van der Waals surface area contributed by atoms with Crippen LogP contribution in [0.5, 0.6) is 0 Å². The van der Waals surface area contributed by atoms with Gasteiger partial charge in [-0.3, -0.25) is 14.6 Å². The minimum absolute atomic E-state index is 0.0737. The first-order valence-electron chi connectivity index (χ1n) is 6.92. The SMILES string of the molecule is COCCN(CC(=O)N(C)CCc1ccncc1)C(C)=O. The second kappa shape index (κ2) is 9.07. The van der Waals surface area contributed by atoms with Crippen molar-refractivity contribution in [1.82, 2.24) is 14.8 Å².